The molecule has 0 aliphatic rings. The lowest BCUT2D eigenvalue weighted by Gasteiger charge is -2.15. The highest BCUT2D eigenvalue weighted by Crippen LogP contribution is 2.24. The molecule has 8 nitrogen and oxygen atoms in total. The number of fused-ring (bicyclic) bond motifs is 2. The summed E-state index contributed by atoms with van der Waals surface area (Å²) in [4.78, 5) is 40.1. The van der Waals surface area contributed by atoms with E-state index in [4.69, 9.17) is 9.15 Å². The molecule has 0 bridgehead atoms. The number of rotatable bonds is 7. The number of aromatic nitrogens is 1. The number of aryl methyl sites for hydroxylation is 1. The molecule has 0 spiro atoms. The van der Waals surface area contributed by atoms with Crippen LogP contribution in [0.1, 0.15) is 16.7 Å². The van der Waals surface area contributed by atoms with Crippen molar-refractivity contribution in [3.8, 4) is 5.75 Å². The molecule has 2 aromatic heterocycles. The van der Waals surface area contributed by atoms with Crippen LogP contribution in [0.5, 0.6) is 5.75 Å². The molecule has 2 heterocycles. The van der Waals surface area contributed by atoms with E-state index in [2.05, 4.69) is 10.3 Å². The van der Waals surface area contributed by atoms with E-state index in [0.717, 1.165) is 16.5 Å². The molecule has 1 atom stereocenters. The zero-order valence-corrected chi connectivity index (χ0v) is 17.6. The second-order valence-electron chi connectivity index (χ2n) is 7.55. The molecule has 4 rings (SSSR count). The summed E-state index contributed by atoms with van der Waals surface area (Å²) in [5, 5.41) is 13.8. The number of H-pyrrole nitrogens is 1. The number of carboxylic acids is 1. The first-order valence-corrected chi connectivity index (χ1v) is 10.0. The quantitative estimate of drug-likeness (QED) is 0.385. The minimum atomic E-state index is -1.15. The van der Waals surface area contributed by atoms with Crippen molar-refractivity contribution in [3.63, 3.8) is 0 Å². The summed E-state index contributed by atoms with van der Waals surface area (Å²) in [5.74, 6) is -1.18. The molecule has 0 unspecified atom stereocenters. The van der Waals surface area contributed by atoms with Crippen LogP contribution in [0.25, 0.3) is 21.9 Å². The fraction of sp³-hybridized carbons (Fsp3) is 0.208. The SMILES string of the molecule is COc1ccc2c(C)c(CC(=O)N[C@@H](Cc3c[nH]c4ccccc34)C(=O)O)c(=O)oc2c1. The number of aliphatic carboxylic acids is 1. The number of para-hydroxylation sites is 1. The highest BCUT2D eigenvalue weighted by molar-refractivity contribution is 5.89. The van der Waals surface area contributed by atoms with Crippen LogP contribution >= 0.6 is 0 Å². The van der Waals surface area contributed by atoms with Gasteiger partial charge in [-0.3, -0.25) is 4.79 Å². The molecule has 2 aromatic carbocycles. The molecule has 4 aromatic rings. The molecule has 164 valence electrons. The van der Waals surface area contributed by atoms with Crippen molar-refractivity contribution in [1.29, 1.82) is 0 Å². The molecule has 1 amide bonds. The maximum Gasteiger partial charge on any atom is 0.340 e. The summed E-state index contributed by atoms with van der Waals surface area (Å²) in [6.45, 7) is 1.73. The maximum atomic E-state index is 12.7. The first-order valence-electron chi connectivity index (χ1n) is 10.0. The van der Waals surface area contributed by atoms with Gasteiger partial charge < -0.3 is 24.6 Å². The summed E-state index contributed by atoms with van der Waals surface area (Å²) < 4.78 is 10.5. The van der Waals surface area contributed by atoms with Crippen molar-refractivity contribution in [1.82, 2.24) is 10.3 Å². The fourth-order valence-corrected chi connectivity index (χ4v) is 3.83. The lowest BCUT2D eigenvalue weighted by molar-refractivity contribution is -0.141. The molecule has 0 aliphatic carbocycles. The van der Waals surface area contributed by atoms with Gasteiger partial charge in [-0.1, -0.05) is 18.2 Å². The summed E-state index contributed by atoms with van der Waals surface area (Å²) in [6.07, 6.45) is 1.56. The van der Waals surface area contributed by atoms with Crippen molar-refractivity contribution in [3.05, 3.63) is 75.8 Å². The van der Waals surface area contributed by atoms with Crippen LogP contribution in [0, 0.1) is 6.92 Å². The molecule has 0 radical (unpaired) electrons. The standard InChI is InChI=1S/C24H22N2O6/c1-13-16-8-7-15(31-2)10-21(16)32-24(30)18(13)11-22(27)26-20(23(28)29)9-14-12-25-19-6-4-3-5-17(14)19/h3-8,10,12,20,25H,9,11H2,1-2H3,(H,26,27)(H,28,29)/t20-/m0/s1. The van der Waals surface area contributed by atoms with E-state index in [1.165, 1.54) is 7.11 Å². The van der Waals surface area contributed by atoms with E-state index < -0.39 is 23.5 Å². The largest absolute Gasteiger partial charge is 0.497 e. The topological polar surface area (TPSA) is 122 Å². The van der Waals surface area contributed by atoms with E-state index in [1.54, 1.807) is 31.3 Å². The summed E-state index contributed by atoms with van der Waals surface area (Å²) in [7, 11) is 1.51. The van der Waals surface area contributed by atoms with Crippen molar-refractivity contribution >= 4 is 33.7 Å². The Hall–Kier alpha value is -4.07. The lowest BCUT2D eigenvalue weighted by Crippen LogP contribution is -2.43. The van der Waals surface area contributed by atoms with E-state index in [0.29, 0.717) is 22.3 Å². The summed E-state index contributed by atoms with van der Waals surface area (Å²) in [5.41, 5.74) is 2.19. The van der Waals surface area contributed by atoms with Crippen molar-refractivity contribution in [2.75, 3.05) is 7.11 Å². The predicted molar refractivity (Wildman–Crippen MR) is 119 cm³/mol. The Morgan fingerprint density at radius 3 is 2.72 bits per heavy atom. The number of amides is 1. The Kier molecular flexibility index (Phi) is 5.68. The molecular formula is C24H22N2O6. The average molecular weight is 434 g/mol. The third kappa shape index (κ3) is 4.07. The number of carbonyl (C=O) groups is 2. The minimum absolute atomic E-state index is 0.107. The fourth-order valence-electron chi connectivity index (χ4n) is 3.83. The van der Waals surface area contributed by atoms with Gasteiger partial charge in [-0.2, -0.15) is 0 Å². The third-order valence-corrected chi connectivity index (χ3v) is 5.56. The number of methoxy groups -OCH3 is 1. The highest BCUT2D eigenvalue weighted by Gasteiger charge is 2.23. The summed E-state index contributed by atoms with van der Waals surface area (Å²) in [6, 6.07) is 11.5. The zero-order valence-electron chi connectivity index (χ0n) is 17.6. The second-order valence-corrected chi connectivity index (χ2v) is 7.55. The van der Waals surface area contributed by atoms with Crippen LogP contribution in [-0.2, 0) is 22.4 Å². The van der Waals surface area contributed by atoms with Crippen LogP contribution < -0.4 is 15.7 Å². The van der Waals surface area contributed by atoms with Gasteiger partial charge in [0, 0.05) is 35.0 Å². The van der Waals surface area contributed by atoms with E-state index in [-0.39, 0.29) is 18.4 Å². The number of carbonyl (C=O) groups excluding carboxylic acids is 1. The molecular weight excluding hydrogens is 412 g/mol. The Morgan fingerprint density at radius 1 is 1.19 bits per heavy atom. The number of hydrogen-bond acceptors (Lipinski definition) is 5. The Labute approximate surface area is 182 Å². The molecule has 0 aliphatic heterocycles. The van der Waals surface area contributed by atoms with E-state index in [9.17, 15) is 19.5 Å². The van der Waals surface area contributed by atoms with E-state index in [1.807, 2.05) is 24.3 Å². The van der Waals surface area contributed by atoms with Crippen LogP contribution in [0.3, 0.4) is 0 Å². The number of hydrogen-bond donors (Lipinski definition) is 3. The van der Waals surface area contributed by atoms with Crippen LogP contribution in [0.4, 0.5) is 0 Å². The van der Waals surface area contributed by atoms with Gasteiger partial charge in [-0.25, -0.2) is 9.59 Å². The first-order chi connectivity index (χ1) is 15.4. The number of ether oxygens (including phenoxy) is 1. The molecule has 0 saturated heterocycles. The van der Waals surface area contributed by atoms with Crippen LogP contribution in [0.15, 0.2) is 57.9 Å². The van der Waals surface area contributed by atoms with Gasteiger partial charge in [-0.05, 0) is 36.2 Å². The van der Waals surface area contributed by atoms with Gasteiger partial charge in [0.05, 0.1) is 19.1 Å². The zero-order chi connectivity index (χ0) is 22.8. The smallest absolute Gasteiger partial charge is 0.340 e. The van der Waals surface area contributed by atoms with Gasteiger partial charge >= 0.3 is 11.6 Å². The monoisotopic (exact) mass is 434 g/mol. The lowest BCUT2D eigenvalue weighted by atomic mass is 10.0. The molecule has 32 heavy (non-hydrogen) atoms. The summed E-state index contributed by atoms with van der Waals surface area (Å²) >= 11 is 0. The number of aromatic amines is 1. The van der Waals surface area contributed by atoms with Gasteiger partial charge in [0.1, 0.15) is 17.4 Å². The van der Waals surface area contributed by atoms with Gasteiger partial charge in [0.15, 0.2) is 0 Å². The normalized spacial score (nSPS) is 12.1. The van der Waals surface area contributed by atoms with Crippen molar-refractivity contribution in [2.45, 2.75) is 25.8 Å². The van der Waals surface area contributed by atoms with Crippen molar-refractivity contribution < 1.29 is 23.8 Å². The third-order valence-electron chi connectivity index (χ3n) is 5.56. The second kappa shape index (κ2) is 8.58. The van der Waals surface area contributed by atoms with Gasteiger partial charge in [-0.15, -0.1) is 0 Å². The van der Waals surface area contributed by atoms with Crippen LogP contribution in [0.2, 0.25) is 0 Å². The first kappa shape index (κ1) is 21.2. The Balaban J connectivity index is 1.55. The van der Waals surface area contributed by atoms with E-state index >= 15 is 0 Å². The molecule has 8 heteroatoms. The molecule has 3 N–H and O–H groups in total. The number of nitrogens with one attached hydrogen (secondary N) is 2. The predicted octanol–water partition coefficient (Wildman–Crippen LogP) is 2.95. The van der Waals surface area contributed by atoms with Crippen LogP contribution in [-0.4, -0.2) is 35.1 Å². The molecule has 0 saturated carbocycles. The highest BCUT2D eigenvalue weighted by atomic mass is 16.5. The Morgan fingerprint density at radius 2 is 1.97 bits per heavy atom. The number of benzene rings is 2. The Bertz CT molecular complexity index is 1380. The average Bonchev–Trinajstić information content (AvgIpc) is 3.18. The maximum absolute atomic E-state index is 12.7. The number of carboxylic acid groups (broad SMARTS) is 1. The van der Waals surface area contributed by atoms with Gasteiger partial charge in [0.25, 0.3) is 0 Å². The minimum Gasteiger partial charge on any atom is -0.497 e. The van der Waals surface area contributed by atoms with Crippen molar-refractivity contribution in [2.24, 2.45) is 0 Å². The molecule has 0 fully saturated rings. The van der Waals surface area contributed by atoms with Gasteiger partial charge in [0.2, 0.25) is 5.91 Å².